The Balaban J connectivity index is 2.11. The van der Waals surface area contributed by atoms with Crippen LogP contribution >= 0.6 is 11.6 Å². The summed E-state index contributed by atoms with van der Waals surface area (Å²) in [6, 6.07) is 17.2. The fourth-order valence-corrected chi connectivity index (χ4v) is 3.20. The number of halogens is 1. The first-order valence-electron chi connectivity index (χ1n) is 9.12. The van der Waals surface area contributed by atoms with E-state index in [0.717, 1.165) is 37.6 Å². The van der Waals surface area contributed by atoms with E-state index in [1.807, 2.05) is 12.1 Å². The fourth-order valence-electron chi connectivity index (χ4n) is 3.01. The lowest BCUT2D eigenvalue weighted by atomic mass is 10.0. The van der Waals surface area contributed by atoms with Crippen molar-refractivity contribution >= 4 is 11.6 Å². The maximum atomic E-state index is 6.38. The van der Waals surface area contributed by atoms with Crippen molar-refractivity contribution in [1.82, 2.24) is 9.80 Å². The molecule has 0 spiro atoms. The van der Waals surface area contributed by atoms with E-state index in [1.54, 1.807) is 0 Å². The Morgan fingerprint density at radius 2 is 1.60 bits per heavy atom. The minimum Gasteiger partial charge on any atom is -0.308 e. The Bertz CT molecular complexity index is 652. The van der Waals surface area contributed by atoms with E-state index in [4.69, 9.17) is 11.6 Å². The van der Waals surface area contributed by atoms with E-state index in [0.29, 0.717) is 5.92 Å². The quantitative estimate of drug-likeness (QED) is 0.615. The number of benzene rings is 2. The molecular weight excluding hydrogens is 328 g/mol. The van der Waals surface area contributed by atoms with Gasteiger partial charge in [0.15, 0.2) is 0 Å². The van der Waals surface area contributed by atoms with E-state index in [-0.39, 0.29) is 0 Å². The Morgan fingerprint density at radius 1 is 0.880 bits per heavy atom. The zero-order chi connectivity index (χ0) is 18.2. The highest BCUT2D eigenvalue weighted by Crippen LogP contribution is 2.19. The Kier molecular flexibility index (Phi) is 7.95. The van der Waals surface area contributed by atoms with Crippen LogP contribution in [0.1, 0.15) is 30.5 Å². The van der Waals surface area contributed by atoms with Crippen molar-refractivity contribution in [1.29, 1.82) is 0 Å². The summed E-state index contributed by atoms with van der Waals surface area (Å²) < 4.78 is 0. The molecule has 136 valence electrons. The van der Waals surface area contributed by atoms with Gasteiger partial charge < -0.3 is 4.90 Å². The maximum absolute atomic E-state index is 6.38. The van der Waals surface area contributed by atoms with E-state index in [1.165, 1.54) is 16.7 Å². The van der Waals surface area contributed by atoms with Crippen LogP contribution in [0.2, 0.25) is 5.02 Å². The molecule has 0 saturated heterocycles. The normalized spacial score (nSPS) is 11.7. The first-order valence-corrected chi connectivity index (χ1v) is 9.50. The maximum Gasteiger partial charge on any atom is 0.0451 e. The highest BCUT2D eigenvalue weighted by molar-refractivity contribution is 6.31. The number of hydrogen-bond donors (Lipinski definition) is 0. The van der Waals surface area contributed by atoms with Crippen LogP contribution in [0.25, 0.3) is 0 Å². The molecule has 0 unspecified atom stereocenters. The molecule has 0 aliphatic heterocycles. The van der Waals surface area contributed by atoms with Gasteiger partial charge in [-0.3, -0.25) is 4.90 Å². The summed E-state index contributed by atoms with van der Waals surface area (Å²) in [4.78, 5) is 4.71. The zero-order valence-electron chi connectivity index (χ0n) is 16.0. The molecule has 0 saturated carbocycles. The van der Waals surface area contributed by atoms with Crippen LogP contribution in [-0.2, 0) is 19.5 Å². The number of likely N-dealkylation sites (N-methyl/N-ethyl adjacent to an activating group) is 1. The molecule has 0 N–H and O–H groups in total. The Morgan fingerprint density at radius 3 is 2.28 bits per heavy atom. The largest absolute Gasteiger partial charge is 0.308 e. The summed E-state index contributed by atoms with van der Waals surface area (Å²) in [6.45, 7) is 8.43. The number of nitrogens with zero attached hydrogens (tertiary/aromatic N) is 2. The molecule has 25 heavy (non-hydrogen) atoms. The van der Waals surface area contributed by atoms with Crippen molar-refractivity contribution in [2.24, 2.45) is 5.92 Å². The molecule has 2 aromatic rings. The topological polar surface area (TPSA) is 6.48 Å². The van der Waals surface area contributed by atoms with Crippen LogP contribution in [0.3, 0.4) is 0 Å². The molecular formula is C22H31ClN2. The SMILES string of the molecule is CC(C)Cc1cccc(CN(CCN(C)C)Cc2ccccc2Cl)c1. The van der Waals surface area contributed by atoms with Gasteiger partial charge in [-0.15, -0.1) is 0 Å². The van der Waals surface area contributed by atoms with Gasteiger partial charge in [0.2, 0.25) is 0 Å². The molecule has 2 aromatic carbocycles. The molecule has 3 heteroatoms. The van der Waals surface area contributed by atoms with Crippen molar-refractivity contribution in [2.75, 3.05) is 27.2 Å². The highest BCUT2D eigenvalue weighted by Gasteiger charge is 2.10. The van der Waals surface area contributed by atoms with Crippen LogP contribution in [-0.4, -0.2) is 37.0 Å². The second-order valence-electron chi connectivity index (χ2n) is 7.52. The third kappa shape index (κ3) is 7.19. The van der Waals surface area contributed by atoms with Crippen molar-refractivity contribution in [3.8, 4) is 0 Å². The molecule has 0 heterocycles. The van der Waals surface area contributed by atoms with Crippen molar-refractivity contribution in [2.45, 2.75) is 33.4 Å². The summed E-state index contributed by atoms with van der Waals surface area (Å²) in [5, 5.41) is 0.853. The van der Waals surface area contributed by atoms with Gasteiger partial charge in [0, 0.05) is 31.2 Å². The first-order chi connectivity index (χ1) is 11.9. The average Bonchev–Trinajstić information content (AvgIpc) is 2.54. The Hall–Kier alpha value is -1.35. The monoisotopic (exact) mass is 358 g/mol. The minimum absolute atomic E-state index is 0.684. The first kappa shape index (κ1) is 20.0. The molecule has 2 nitrogen and oxygen atoms in total. The molecule has 0 radical (unpaired) electrons. The van der Waals surface area contributed by atoms with Crippen LogP contribution in [0.5, 0.6) is 0 Å². The van der Waals surface area contributed by atoms with Gasteiger partial charge in [0.1, 0.15) is 0 Å². The third-order valence-corrected chi connectivity index (χ3v) is 4.63. The fraction of sp³-hybridized carbons (Fsp3) is 0.455. The zero-order valence-corrected chi connectivity index (χ0v) is 16.8. The molecule has 0 aliphatic carbocycles. The van der Waals surface area contributed by atoms with Crippen molar-refractivity contribution in [3.63, 3.8) is 0 Å². The van der Waals surface area contributed by atoms with Gasteiger partial charge in [0.25, 0.3) is 0 Å². The Labute approximate surface area is 158 Å². The van der Waals surface area contributed by atoms with Crippen LogP contribution in [0.4, 0.5) is 0 Å². The summed E-state index contributed by atoms with van der Waals surface area (Å²) in [5.74, 6) is 0.684. The second-order valence-corrected chi connectivity index (χ2v) is 7.93. The van der Waals surface area contributed by atoms with Crippen molar-refractivity contribution < 1.29 is 0 Å². The summed E-state index contributed by atoms with van der Waals surface area (Å²) >= 11 is 6.38. The smallest absolute Gasteiger partial charge is 0.0451 e. The van der Waals surface area contributed by atoms with Crippen LogP contribution in [0, 0.1) is 5.92 Å². The van der Waals surface area contributed by atoms with Gasteiger partial charge in [-0.05, 0) is 49.2 Å². The lowest BCUT2D eigenvalue weighted by Gasteiger charge is -2.25. The minimum atomic E-state index is 0.684. The standard InChI is InChI=1S/C22H31ClN2/c1-18(2)14-19-8-7-9-20(15-19)16-25(13-12-24(3)4)17-21-10-5-6-11-22(21)23/h5-11,15,18H,12-14,16-17H2,1-4H3. The lowest BCUT2D eigenvalue weighted by Crippen LogP contribution is -2.31. The number of rotatable bonds is 9. The van der Waals surface area contributed by atoms with E-state index in [2.05, 4.69) is 74.1 Å². The van der Waals surface area contributed by atoms with Gasteiger partial charge >= 0.3 is 0 Å². The second kappa shape index (κ2) is 9.96. The predicted octanol–water partition coefficient (Wildman–Crippen LogP) is 5.10. The van der Waals surface area contributed by atoms with Crippen molar-refractivity contribution in [3.05, 3.63) is 70.2 Å². The van der Waals surface area contributed by atoms with E-state index < -0.39 is 0 Å². The van der Waals surface area contributed by atoms with E-state index >= 15 is 0 Å². The third-order valence-electron chi connectivity index (χ3n) is 4.26. The summed E-state index contributed by atoms with van der Waals surface area (Å²) in [6.07, 6.45) is 1.13. The highest BCUT2D eigenvalue weighted by atomic mass is 35.5. The summed E-state index contributed by atoms with van der Waals surface area (Å²) in [5.41, 5.74) is 4.00. The average molecular weight is 359 g/mol. The van der Waals surface area contributed by atoms with Crippen LogP contribution in [0.15, 0.2) is 48.5 Å². The molecule has 0 fully saturated rings. The molecule has 0 aromatic heterocycles. The van der Waals surface area contributed by atoms with Gasteiger partial charge in [0.05, 0.1) is 0 Å². The molecule has 0 atom stereocenters. The lowest BCUT2D eigenvalue weighted by molar-refractivity contribution is 0.226. The predicted molar refractivity (Wildman–Crippen MR) is 109 cm³/mol. The van der Waals surface area contributed by atoms with Gasteiger partial charge in [-0.1, -0.05) is 67.9 Å². The molecule has 0 bridgehead atoms. The van der Waals surface area contributed by atoms with E-state index in [9.17, 15) is 0 Å². The number of hydrogen-bond acceptors (Lipinski definition) is 2. The molecule has 2 rings (SSSR count). The molecule has 0 aliphatic rings. The molecule has 0 amide bonds. The summed E-state index contributed by atoms with van der Waals surface area (Å²) in [7, 11) is 4.24. The van der Waals surface area contributed by atoms with Gasteiger partial charge in [-0.2, -0.15) is 0 Å². The van der Waals surface area contributed by atoms with Crippen LogP contribution < -0.4 is 0 Å². The van der Waals surface area contributed by atoms with Gasteiger partial charge in [-0.25, -0.2) is 0 Å².